The first-order chi connectivity index (χ1) is 15.7. The minimum Gasteiger partial charge on any atom is -0.314 e. The summed E-state index contributed by atoms with van der Waals surface area (Å²) in [7, 11) is 0. The van der Waals surface area contributed by atoms with Gasteiger partial charge in [-0.05, 0) is 43.4 Å². The van der Waals surface area contributed by atoms with Crippen molar-refractivity contribution in [1.29, 1.82) is 0 Å². The van der Waals surface area contributed by atoms with Crippen molar-refractivity contribution in [2.75, 3.05) is 5.32 Å². The standard InChI is InChI=1S/C21H21F3N8O/c1-13-8-15-11-20(10-13,12-31-7-6-27-30-31)32(15)19(33)28-14-2-3-17(21(22,23)24)16(9-14)18-25-4-5-26-29-18/h2-7,9,13,15H,8,10-12H2,1H3,(H,28,33)/t13-,15-,20+/m0/s1. The van der Waals surface area contributed by atoms with Gasteiger partial charge in [-0.1, -0.05) is 12.1 Å². The summed E-state index contributed by atoms with van der Waals surface area (Å²) in [5.41, 5.74) is -1.32. The molecule has 4 heterocycles. The van der Waals surface area contributed by atoms with E-state index >= 15 is 0 Å². The van der Waals surface area contributed by atoms with Crippen LogP contribution in [-0.2, 0) is 12.7 Å². The maximum atomic E-state index is 13.6. The van der Waals surface area contributed by atoms with Crippen molar-refractivity contribution in [3.8, 4) is 11.4 Å². The molecule has 1 aliphatic carbocycles. The third-order valence-electron chi connectivity index (χ3n) is 6.34. The van der Waals surface area contributed by atoms with Gasteiger partial charge in [0.1, 0.15) is 0 Å². The van der Waals surface area contributed by atoms with Gasteiger partial charge in [-0.25, -0.2) is 9.78 Å². The highest BCUT2D eigenvalue weighted by molar-refractivity contribution is 5.92. The summed E-state index contributed by atoms with van der Waals surface area (Å²) in [5.74, 6) is 0.287. The molecule has 0 unspecified atom stereocenters. The minimum absolute atomic E-state index is 0.0767. The molecule has 2 bridgehead atoms. The molecule has 9 nitrogen and oxygen atoms in total. The van der Waals surface area contributed by atoms with Gasteiger partial charge in [-0.15, -0.1) is 10.2 Å². The monoisotopic (exact) mass is 458 g/mol. The molecule has 2 amide bonds. The molecule has 3 atom stereocenters. The van der Waals surface area contributed by atoms with Crippen LogP contribution in [0.2, 0.25) is 0 Å². The van der Waals surface area contributed by atoms with Crippen LogP contribution in [-0.4, -0.2) is 52.7 Å². The summed E-state index contributed by atoms with van der Waals surface area (Å²) < 4.78 is 42.4. The smallest absolute Gasteiger partial charge is 0.314 e. The number of halogens is 3. The fraction of sp³-hybridized carbons (Fsp3) is 0.429. The topological polar surface area (TPSA) is 102 Å². The molecule has 2 aromatic heterocycles. The number of hydrogen-bond donors (Lipinski definition) is 1. The van der Waals surface area contributed by atoms with Crippen LogP contribution < -0.4 is 5.32 Å². The molecule has 0 spiro atoms. The van der Waals surface area contributed by atoms with Crippen molar-refractivity contribution in [2.24, 2.45) is 5.92 Å². The molecular formula is C21H21F3N8O. The number of carbonyl (C=O) groups excluding carboxylic acids is 1. The molecule has 1 aromatic carbocycles. The molecule has 33 heavy (non-hydrogen) atoms. The maximum Gasteiger partial charge on any atom is 0.417 e. The second-order valence-electron chi connectivity index (χ2n) is 8.75. The number of aromatic nitrogens is 6. The van der Waals surface area contributed by atoms with Gasteiger partial charge in [-0.2, -0.15) is 18.3 Å². The molecule has 172 valence electrons. The highest BCUT2D eigenvalue weighted by Gasteiger charge is 2.58. The molecule has 1 saturated carbocycles. The predicted octanol–water partition coefficient (Wildman–Crippen LogP) is 3.62. The number of nitrogens with one attached hydrogen (secondary N) is 1. The van der Waals surface area contributed by atoms with Gasteiger partial charge in [0.2, 0.25) is 0 Å². The Morgan fingerprint density at radius 1 is 1.21 bits per heavy atom. The number of nitrogens with zero attached hydrogens (tertiary/aromatic N) is 7. The Labute approximate surface area is 187 Å². The van der Waals surface area contributed by atoms with Crippen LogP contribution >= 0.6 is 0 Å². The van der Waals surface area contributed by atoms with Gasteiger partial charge in [0.05, 0.1) is 30.0 Å². The molecule has 0 radical (unpaired) electrons. The zero-order chi connectivity index (χ0) is 23.2. The van der Waals surface area contributed by atoms with Crippen LogP contribution in [0.15, 0.2) is 43.0 Å². The molecule has 1 N–H and O–H groups in total. The van der Waals surface area contributed by atoms with Gasteiger partial charge in [0, 0.05) is 29.7 Å². The zero-order valence-corrected chi connectivity index (χ0v) is 17.7. The van der Waals surface area contributed by atoms with Crippen molar-refractivity contribution in [3.05, 3.63) is 48.5 Å². The van der Waals surface area contributed by atoms with E-state index in [1.807, 2.05) is 4.90 Å². The number of benzene rings is 1. The molecule has 3 fully saturated rings. The normalized spacial score (nSPS) is 24.3. The van der Waals surface area contributed by atoms with Crippen LogP contribution in [0.4, 0.5) is 23.7 Å². The van der Waals surface area contributed by atoms with Gasteiger partial charge in [0.15, 0.2) is 5.82 Å². The maximum absolute atomic E-state index is 13.6. The molecule has 12 heteroatoms. The highest BCUT2D eigenvalue weighted by Crippen LogP contribution is 2.50. The number of amides is 2. The lowest BCUT2D eigenvalue weighted by molar-refractivity contribution is -0.137. The number of rotatable bonds is 4. The van der Waals surface area contributed by atoms with Crippen molar-refractivity contribution >= 4 is 11.7 Å². The van der Waals surface area contributed by atoms with Crippen LogP contribution in [0.25, 0.3) is 11.4 Å². The number of fused-ring (bicyclic) bond motifs is 2. The van der Waals surface area contributed by atoms with Crippen LogP contribution in [0, 0.1) is 5.92 Å². The molecule has 2 aliphatic heterocycles. The first kappa shape index (κ1) is 21.3. The third kappa shape index (κ3) is 3.89. The number of alkyl halides is 3. The Hall–Kier alpha value is -3.57. The quantitative estimate of drug-likeness (QED) is 0.641. The fourth-order valence-electron chi connectivity index (χ4n) is 5.28. The summed E-state index contributed by atoms with van der Waals surface area (Å²) in [4.78, 5) is 19.0. The Morgan fingerprint density at radius 2 is 2.06 bits per heavy atom. The lowest BCUT2D eigenvalue weighted by Crippen LogP contribution is -2.73. The summed E-state index contributed by atoms with van der Waals surface area (Å²) >= 11 is 0. The van der Waals surface area contributed by atoms with Crippen LogP contribution in [0.5, 0.6) is 0 Å². The second-order valence-corrected chi connectivity index (χ2v) is 8.75. The van der Waals surface area contributed by atoms with Crippen LogP contribution in [0.3, 0.4) is 0 Å². The predicted molar refractivity (Wildman–Crippen MR) is 111 cm³/mol. The number of piperidine rings is 1. The third-order valence-corrected chi connectivity index (χ3v) is 6.34. The summed E-state index contributed by atoms with van der Waals surface area (Å²) in [6.45, 7) is 2.68. The van der Waals surface area contributed by atoms with Crippen molar-refractivity contribution in [1.82, 2.24) is 35.1 Å². The van der Waals surface area contributed by atoms with E-state index in [1.54, 1.807) is 17.1 Å². The average molecular weight is 458 g/mol. The first-order valence-corrected chi connectivity index (χ1v) is 10.5. The van der Waals surface area contributed by atoms with E-state index < -0.39 is 17.3 Å². The number of anilines is 1. The Bertz CT molecular complexity index is 1150. The lowest BCUT2D eigenvalue weighted by atomic mass is 9.64. The lowest BCUT2D eigenvalue weighted by Gasteiger charge is -2.63. The van der Waals surface area contributed by atoms with Gasteiger partial charge in [0.25, 0.3) is 0 Å². The van der Waals surface area contributed by atoms with Gasteiger partial charge in [-0.3, -0.25) is 4.68 Å². The van der Waals surface area contributed by atoms with E-state index in [4.69, 9.17) is 0 Å². The van der Waals surface area contributed by atoms with E-state index in [0.717, 1.165) is 25.3 Å². The van der Waals surface area contributed by atoms with E-state index in [9.17, 15) is 18.0 Å². The number of urea groups is 1. The van der Waals surface area contributed by atoms with Gasteiger partial charge < -0.3 is 10.2 Å². The minimum atomic E-state index is -4.61. The SMILES string of the molecule is C[C@H]1C[C@H]2C[C@@](Cn3ccnn3)(C1)N2C(=O)Nc1ccc(C(F)(F)F)c(-c2nccnn2)c1. The number of carbonyl (C=O) groups is 1. The van der Waals surface area contributed by atoms with E-state index in [1.165, 1.54) is 24.5 Å². The Balaban J connectivity index is 1.43. The summed E-state index contributed by atoms with van der Waals surface area (Å²) in [6, 6.07) is 3.12. The molecule has 3 aromatic rings. The van der Waals surface area contributed by atoms with Crippen molar-refractivity contribution < 1.29 is 18.0 Å². The molecule has 2 saturated heterocycles. The summed E-state index contributed by atoms with van der Waals surface area (Å²) in [5, 5.41) is 18.0. The van der Waals surface area contributed by atoms with E-state index in [0.29, 0.717) is 12.5 Å². The first-order valence-electron chi connectivity index (χ1n) is 10.5. The summed E-state index contributed by atoms with van der Waals surface area (Å²) in [6.07, 6.45) is 3.84. The highest BCUT2D eigenvalue weighted by atomic mass is 19.4. The number of hydrogen-bond acceptors (Lipinski definition) is 6. The molecule has 6 rings (SSSR count). The van der Waals surface area contributed by atoms with E-state index in [-0.39, 0.29) is 29.1 Å². The second kappa shape index (κ2) is 7.78. The molecule has 3 aliphatic rings. The van der Waals surface area contributed by atoms with Crippen molar-refractivity contribution in [3.63, 3.8) is 0 Å². The average Bonchev–Trinajstić information content (AvgIpc) is 3.25. The van der Waals surface area contributed by atoms with Crippen molar-refractivity contribution in [2.45, 2.75) is 50.5 Å². The van der Waals surface area contributed by atoms with Crippen LogP contribution in [0.1, 0.15) is 31.7 Å². The van der Waals surface area contributed by atoms with E-state index in [2.05, 4.69) is 37.7 Å². The molecular weight excluding hydrogens is 437 g/mol. The zero-order valence-electron chi connectivity index (χ0n) is 17.7. The fourth-order valence-corrected chi connectivity index (χ4v) is 5.28. The Morgan fingerprint density at radius 3 is 2.76 bits per heavy atom. The Kier molecular flexibility index (Phi) is 5.02. The largest absolute Gasteiger partial charge is 0.417 e. The van der Waals surface area contributed by atoms with Gasteiger partial charge >= 0.3 is 12.2 Å².